The molecule has 0 spiro atoms. The number of hydrogen-bond acceptors (Lipinski definition) is 8. The first-order valence-corrected chi connectivity index (χ1v) is 15.7. The number of carboxylic acid groups (broad SMARTS) is 3. The van der Waals surface area contributed by atoms with E-state index in [1.807, 2.05) is 36.4 Å². The molecule has 2 heterocycles. The molecule has 0 aliphatic rings. The first-order valence-electron chi connectivity index (χ1n) is 15.7. The summed E-state index contributed by atoms with van der Waals surface area (Å²) in [5.74, 6) is -3.99. The van der Waals surface area contributed by atoms with Crippen LogP contribution in [0.2, 0.25) is 0 Å². The van der Waals surface area contributed by atoms with E-state index in [9.17, 15) is 29.1 Å². The Bertz CT molecular complexity index is 1180. The van der Waals surface area contributed by atoms with Gasteiger partial charge in [-0.25, -0.2) is 14.4 Å². The zero-order valence-corrected chi connectivity index (χ0v) is 26.1. The number of carbonyl (C=O) groups is 5. The first-order chi connectivity index (χ1) is 22.1. The van der Waals surface area contributed by atoms with E-state index in [0.29, 0.717) is 25.8 Å². The quantitative estimate of drug-likeness (QED) is 0.0916. The van der Waals surface area contributed by atoms with E-state index in [4.69, 9.17) is 10.2 Å². The second kappa shape index (κ2) is 22.0. The van der Waals surface area contributed by atoms with E-state index in [0.717, 1.165) is 63.1 Å². The smallest absolute Gasteiger partial charge is 0.326 e. The maximum absolute atomic E-state index is 12.2. The summed E-state index contributed by atoms with van der Waals surface area (Å²) in [6.45, 7) is 2.80. The summed E-state index contributed by atoms with van der Waals surface area (Å²) < 4.78 is 0. The lowest BCUT2D eigenvalue weighted by Crippen LogP contribution is -2.51. The number of carboxylic acids is 3. The molecule has 6 N–H and O–H groups in total. The summed E-state index contributed by atoms with van der Waals surface area (Å²) in [6, 6.07) is 8.11. The first kappa shape index (κ1) is 37.6. The van der Waals surface area contributed by atoms with Crippen LogP contribution in [-0.2, 0) is 32.3 Å². The Morgan fingerprint density at radius 2 is 1.24 bits per heavy atom. The van der Waals surface area contributed by atoms with Crippen molar-refractivity contribution in [2.45, 2.75) is 95.8 Å². The second-order valence-corrected chi connectivity index (χ2v) is 11.0. The van der Waals surface area contributed by atoms with Crippen molar-refractivity contribution in [2.75, 3.05) is 13.1 Å². The summed E-state index contributed by atoms with van der Waals surface area (Å²) in [7, 11) is 0. The van der Waals surface area contributed by atoms with E-state index >= 15 is 0 Å². The summed E-state index contributed by atoms with van der Waals surface area (Å²) in [6.07, 6.45) is 9.03. The van der Waals surface area contributed by atoms with Gasteiger partial charge >= 0.3 is 23.9 Å². The van der Waals surface area contributed by atoms with Crippen molar-refractivity contribution >= 4 is 29.8 Å². The van der Waals surface area contributed by atoms with Crippen molar-refractivity contribution in [1.82, 2.24) is 30.8 Å². The standard InChI is InChI=1S/C32H46N6O8/c39-28(35-20-10-7-14-26(30(42)43)36-32(46)37-27(31(44)45)16-17-29(40)41)15-4-2-1-3-11-21-38(22-24-12-5-8-18-33-24)23-25-13-6-9-19-34-25/h5-6,8-9,12-13,18-19,26-27H,1-4,7,10-11,14-17,20-23H2,(H,35,39)(H,40,41)(H,42,43)(H,44,45)(H2,36,37,46)/t26-,27-/m0/s1. The average molecular weight is 643 g/mol. The lowest BCUT2D eigenvalue weighted by Gasteiger charge is -2.21. The van der Waals surface area contributed by atoms with Crippen LogP contribution in [0.5, 0.6) is 0 Å². The number of rotatable bonds is 24. The van der Waals surface area contributed by atoms with E-state index in [2.05, 4.69) is 30.8 Å². The van der Waals surface area contributed by atoms with Gasteiger partial charge in [0.1, 0.15) is 12.1 Å². The monoisotopic (exact) mass is 642 g/mol. The highest BCUT2D eigenvalue weighted by Gasteiger charge is 2.24. The molecule has 0 bridgehead atoms. The fourth-order valence-corrected chi connectivity index (χ4v) is 4.74. The molecule has 0 saturated carbocycles. The fourth-order valence-electron chi connectivity index (χ4n) is 4.74. The Balaban J connectivity index is 1.57. The molecular weight excluding hydrogens is 596 g/mol. The largest absolute Gasteiger partial charge is 0.481 e. The Hall–Kier alpha value is -4.59. The van der Waals surface area contributed by atoms with Crippen LogP contribution in [0.15, 0.2) is 48.8 Å². The number of urea groups is 1. The minimum Gasteiger partial charge on any atom is -0.481 e. The van der Waals surface area contributed by atoms with Crippen molar-refractivity contribution in [3.63, 3.8) is 0 Å². The number of nitrogens with zero attached hydrogens (tertiary/aromatic N) is 3. The third kappa shape index (κ3) is 17.0. The molecule has 252 valence electrons. The van der Waals surface area contributed by atoms with Gasteiger partial charge in [0.2, 0.25) is 5.91 Å². The Labute approximate surface area is 269 Å². The van der Waals surface area contributed by atoms with Gasteiger partial charge in [0.15, 0.2) is 0 Å². The fraction of sp³-hybridized carbons (Fsp3) is 0.531. The number of nitrogens with one attached hydrogen (secondary N) is 3. The molecule has 0 saturated heterocycles. The molecule has 2 aromatic heterocycles. The number of carbonyl (C=O) groups excluding carboxylic acids is 2. The van der Waals surface area contributed by atoms with Gasteiger partial charge in [-0.1, -0.05) is 31.4 Å². The Kier molecular flexibility index (Phi) is 18.0. The minimum absolute atomic E-state index is 0.0646. The molecule has 0 aliphatic heterocycles. The van der Waals surface area contributed by atoms with Crippen molar-refractivity contribution in [1.29, 1.82) is 0 Å². The molecule has 0 aliphatic carbocycles. The molecule has 46 heavy (non-hydrogen) atoms. The second-order valence-electron chi connectivity index (χ2n) is 11.0. The average Bonchev–Trinajstić information content (AvgIpc) is 3.02. The maximum Gasteiger partial charge on any atom is 0.326 e. The summed E-state index contributed by atoms with van der Waals surface area (Å²) >= 11 is 0. The zero-order chi connectivity index (χ0) is 33.6. The Morgan fingerprint density at radius 1 is 0.674 bits per heavy atom. The van der Waals surface area contributed by atoms with Gasteiger partial charge in [-0.2, -0.15) is 0 Å². The predicted octanol–water partition coefficient (Wildman–Crippen LogP) is 3.18. The number of unbranched alkanes of at least 4 members (excludes halogenated alkanes) is 5. The van der Waals surface area contributed by atoms with Gasteiger partial charge in [-0.05, 0) is 69.3 Å². The highest BCUT2D eigenvalue weighted by atomic mass is 16.4. The van der Waals surface area contributed by atoms with Crippen molar-refractivity contribution in [3.05, 3.63) is 60.2 Å². The molecule has 0 aromatic carbocycles. The third-order valence-corrected chi connectivity index (χ3v) is 7.20. The zero-order valence-electron chi connectivity index (χ0n) is 26.1. The molecule has 0 fully saturated rings. The van der Waals surface area contributed by atoms with Crippen molar-refractivity contribution < 1.29 is 39.3 Å². The predicted molar refractivity (Wildman–Crippen MR) is 169 cm³/mol. The number of hydrogen-bond donors (Lipinski definition) is 6. The lowest BCUT2D eigenvalue weighted by molar-refractivity contribution is -0.140. The van der Waals surface area contributed by atoms with E-state index in [1.165, 1.54) is 0 Å². The van der Waals surface area contributed by atoms with Crippen molar-refractivity contribution in [3.8, 4) is 0 Å². The molecule has 3 amide bonds. The summed E-state index contributed by atoms with van der Waals surface area (Å²) in [5, 5.41) is 34.4. The molecule has 0 unspecified atom stereocenters. The van der Waals surface area contributed by atoms with Gasteiger partial charge < -0.3 is 31.3 Å². The molecule has 14 nitrogen and oxygen atoms in total. The highest BCUT2D eigenvalue weighted by molar-refractivity contribution is 5.86. The topological polar surface area (TPSA) is 211 Å². The van der Waals surface area contributed by atoms with Crippen LogP contribution >= 0.6 is 0 Å². The maximum atomic E-state index is 12.2. The van der Waals surface area contributed by atoms with Gasteiger partial charge in [-0.3, -0.25) is 24.5 Å². The number of aromatic nitrogens is 2. The molecular formula is C32H46N6O8. The van der Waals surface area contributed by atoms with Crippen molar-refractivity contribution in [2.24, 2.45) is 0 Å². The van der Waals surface area contributed by atoms with Gasteiger partial charge in [0.25, 0.3) is 0 Å². The minimum atomic E-state index is -1.46. The van der Waals surface area contributed by atoms with Crippen LogP contribution < -0.4 is 16.0 Å². The number of aliphatic carboxylic acids is 3. The van der Waals surface area contributed by atoms with Crippen LogP contribution in [0.3, 0.4) is 0 Å². The van der Waals surface area contributed by atoms with Crippen LogP contribution in [0.25, 0.3) is 0 Å². The van der Waals surface area contributed by atoms with Gasteiger partial charge in [0, 0.05) is 44.9 Å². The van der Waals surface area contributed by atoms with Crippen LogP contribution in [0.4, 0.5) is 4.79 Å². The number of pyridine rings is 2. The summed E-state index contributed by atoms with van der Waals surface area (Å²) in [5.41, 5.74) is 2.04. The third-order valence-electron chi connectivity index (χ3n) is 7.20. The van der Waals surface area contributed by atoms with Gasteiger partial charge in [0.05, 0.1) is 11.4 Å². The van der Waals surface area contributed by atoms with E-state index in [-0.39, 0.29) is 18.7 Å². The van der Waals surface area contributed by atoms with E-state index in [1.54, 1.807) is 12.4 Å². The van der Waals surface area contributed by atoms with Crippen LogP contribution in [-0.4, -0.2) is 85.2 Å². The Morgan fingerprint density at radius 3 is 1.78 bits per heavy atom. The number of amides is 3. The molecule has 2 aromatic rings. The highest BCUT2D eigenvalue weighted by Crippen LogP contribution is 2.11. The molecule has 2 atom stereocenters. The summed E-state index contributed by atoms with van der Waals surface area (Å²) in [4.78, 5) is 69.0. The van der Waals surface area contributed by atoms with Gasteiger partial charge in [-0.15, -0.1) is 0 Å². The van der Waals surface area contributed by atoms with E-state index < -0.39 is 42.4 Å². The molecule has 0 radical (unpaired) electrons. The molecule has 14 heteroatoms. The SMILES string of the molecule is O=C(O)CC[C@H](NC(=O)N[C@@H](CCCCNC(=O)CCCCCCCN(Cc1ccccn1)Cc1ccccn1)C(=O)O)C(=O)O. The lowest BCUT2D eigenvalue weighted by atomic mass is 10.1. The van der Waals surface area contributed by atoms with Crippen LogP contribution in [0.1, 0.15) is 82.0 Å². The molecule has 2 rings (SSSR count). The van der Waals surface area contributed by atoms with Crippen LogP contribution in [0, 0.1) is 0 Å². The normalized spacial score (nSPS) is 12.2.